The third-order valence-electron chi connectivity index (χ3n) is 6.59. The van der Waals surface area contributed by atoms with Crippen LogP contribution in [-0.4, -0.2) is 17.9 Å². The van der Waals surface area contributed by atoms with Gasteiger partial charge >= 0.3 is 0 Å². The second-order valence-corrected chi connectivity index (χ2v) is 9.88. The number of pyridine rings is 1. The predicted molar refractivity (Wildman–Crippen MR) is 152 cm³/mol. The van der Waals surface area contributed by atoms with E-state index in [2.05, 4.69) is 47.0 Å². The highest BCUT2D eigenvalue weighted by Gasteiger charge is 2.35. The van der Waals surface area contributed by atoms with Gasteiger partial charge in [0.25, 0.3) is 0 Å². The molecule has 0 saturated carbocycles. The van der Waals surface area contributed by atoms with Crippen molar-refractivity contribution in [3.8, 4) is 0 Å². The van der Waals surface area contributed by atoms with E-state index in [1.165, 1.54) is 5.56 Å². The highest BCUT2D eigenvalue weighted by molar-refractivity contribution is 6.30. The molecule has 37 heavy (non-hydrogen) atoms. The molecule has 1 aromatic heterocycles. The minimum Gasteiger partial charge on any atom is -0.370 e. The van der Waals surface area contributed by atoms with Crippen molar-refractivity contribution in [2.24, 2.45) is 0 Å². The lowest BCUT2D eigenvalue weighted by Crippen LogP contribution is -2.41. The van der Waals surface area contributed by atoms with Gasteiger partial charge in [-0.3, -0.25) is 9.78 Å². The Labute approximate surface area is 223 Å². The molecule has 186 valence electrons. The number of benzene rings is 3. The average molecular weight is 509 g/mol. The highest BCUT2D eigenvalue weighted by Crippen LogP contribution is 2.41. The summed E-state index contributed by atoms with van der Waals surface area (Å²) in [5.74, 6) is 0.0611. The van der Waals surface area contributed by atoms with Crippen LogP contribution in [0.3, 0.4) is 0 Å². The van der Waals surface area contributed by atoms with Crippen LogP contribution in [-0.2, 0) is 17.8 Å². The van der Waals surface area contributed by atoms with Gasteiger partial charge in [0.2, 0.25) is 5.91 Å². The number of carbonyl (C=O) groups excluding carboxylic acids is 1. The zero-order valence-electron chi connectivity index (χ0n) is 21.0. The van der Waals surface area contributed by atoms with Crippen molar-refractivity contribution in [2.45, 2.75) is 25.9 Å². The summed E-state index contributed by atoms with van der Waals surface area (Å²) in [5.41, 5.74) is 8.05. The summed E-state index contributed by atoms with van der Waals surface area (Å²) in [7, 11) is 2.06. The zero-order chi connectivity index (χ0) is 25.9. The molecule has 1 aliphatic heterocycles. The number of carbonyl (C=O) groups is 1. The number of nitrogens with one attached hydrogen (secondary N) is 1. The van der Waals surface area contributed by atoms with Gasteiger partial charge in [0.05, 0.1) is 12.5 Å². The van der Waals surface area contributed by atoms with E-state index in [0.717, 1.165) is 46.0 Å². The fraction of sp³-hybridized carbons (Fsp3) is 0.161. The Balaban J connectivity index is 1.52. The van der Waals surface area contributed by atoms with Gasteiger partial charge in [-0.05, 0) is 89.8 Å². The Morgan fingerprint density at radius 2 is 1.76 bits per heavy atom. The number of halogens is 1. The molecule has 0 saturated heterocycles. The molecule has 0 fully saturated rings. The summed E-state index contributed by atoms with van der Waals surface area (Å²) in [4.78, 5) is 21.8. The van der Waals surface area contributed by atoms with E-state index in [9.17, 15) is 4.79 Å². The largest absolute Gasteiger partial charge is 0.370 e. The van der Waals surface area contributed by atoms with Crippen LogP contribution in [0, 0.1) is 0 Å². The predicted octanol–water partition coefficient (Wildman–Crippen LogP) is 7.00. The van der Waals surface area contributed by atoms with Gasteiger partial charge in [-0.25, -0.2) is 0 Å². The molecule has 1 atom stereocenters. The molecule has 1 unspecified atom stereocenters. The molecular weight excluding hydrogens is 480 g/mol. The van der Waals surface area contributed by atoms with Crippen LogP contribution in [0.15, 0.2) is 104 Å². The molecule has 5 nitrogen and oxygen atoms in total. The first-order valence-corrected chi connectivity index (χ1v) is 12.6. The molecule has 1 amide bonds. The molecule has 0 aliphatic carbocycles. The van der Waals surface area contributed by atoms with Gasteiger partial charge in [-0.1, -0.05) is 36.4 Å². The SMILES string of the molecule is C=C(C)Nc1ccc2c(c1)C(c1ccc(Cl)cc1)N(c1ccc(N(C)Cc3ccncc3)cc1)C(=O)C2. The summed E-state index contributed by atoms with van der Waals surface area (Å²) >= 11 is 6.21. The summed E-state index contributed by atoms with van der Waals surface area (Å²) in [6.45, 7) is 6.67. The Hall–Kier alpha value is -4.09. The molecule has 0 bridgehead atoms. The first-order chi connectivity index (χ1) is 17.9. The standard InChI is InChI=1S/C31H29ClN4O/c1-21(2)34-26-9-6-24-18-30(37)36(31(29(24)19-26)23-4-7-25(32)8-5-23)28-12-10-27(11-13-28)35(3)20-22-14-16-33-17-15-22/h4-17,19,31,34H,1,18,20H2,2-3H3. The number of hydrogen-bond donors (Lipinski definition) is 1. The van der Waals surface area contributed by atoms with Crippen molar-refractivity contribution < 1.29 is 4.79 Å². The van der Waals surface area contributed by atoms with Crippen LogP contribution in [0.2, 0.25) is 5.02 Å². The van der Waals surface area contributed by atoms with Crippen LogP contribution >= 0.6 is 11.6 Å². The smallest absolute Gasteiger partial charge is 0.232 e. The second-order valence-electron chi connectivity index (χ2n) is 9.44. The minimum absolute atomic E-state index is 0.0611. The van der Waals surface area contributed by atoms with Crippen molar-refractivity contribution >= 4 is 34.6 Å². The van der Waals surface area contributed by atoms with Crippen molar-refractivity contribution in [2.75, 3.05) is 22.2 Å². The van der Waals surface area contributed by atoms with Gasteiger partial charge in [0.1, 0.15) is 0 Å². The molecule has 4 aromatic rings. The third kappa shape index (κ3) is 5.37. The van der Waals surface area contributed by atoms with Gasteiger partial charge in [0.15, 0.2) is 0 Å². The monoisotopic (exact) mass is 508 g/mol. The summed E-state index contributed by atoms with van der Waals surface area (Å²) < 4.78 is 0. The lowest BCUT2D eigenvalue weighted by atomic mass is 9.87. The van der Waals surface area contributed by atoms with Crippen molar-refractivity contribution in [1.29, 1.82) is 0 Å². The molecule has 5 rings (SSSR count). The molecular formula is C31H29ClN4O. The first-order valence-electron chi connectivity index (χ1n) is 12.2. The highest BCUT2D eigenvalue weighted by atomic mass is 35.5. The maximum atomic E-state index is 13.6. The molecule has 0 spiro atoms. The Kier molecular flexibility index (Phi) is 6.97. The van der Waals surface area contributed by atoms with Gasteiger partial charge in [-0.2, -0.15) is 0 Å². The summed E-state index contributed by atoms with van der Waals surface area (Å²) in [6, 6.07) is 25.9. The first kappa shape index (κ1) is 24.6. The number of nitrogens with zero attached hydrogens (tertiary/aromatic N) is 3. The maximum Gasteiger partial charge on any atom is 0.232 e. The van der Waals surface area contributed by atoms with Crippen LogP contribution in [0.4, 0.5) is 17.1 Å². The van der Waals surface area contributed by atoms with E-state index in [0.29, 0.717) is 11.4 Å². The topological polar surface area (TPSA) is 48.5 Å². The Morgan fingerprint density at radius 1 is 1.05 bits per heavy atom. The Morgan fingerprint density at radius 3 is 2.43 bits per heavy atom. The second kappa shape index (κ2) is 10.5. The number of rotatable bonds is 7. The number of fused-ring (bicyclic) bond motifs is 1. The summed E-state index contributed by atoms with van der Waals surface area (Å²) in [5, 5.41) is 3.98. The zero-order valence-corrected chi connectivity index (χ0v) is 21.7. The lowest BCUT2D eigenvalue weighted by molar-refractivity contribution is -0.118. The fourth-order valence-electron chi connectivity index (χ4n) is 4.85. The maximum absolute atomic E-state index is 13.6. The van der Waals surface area contributed by atoms with Crippen LogP contribution < -0.4 is 15.1 Å². The summed E-state index contributed by atoms with van der Waals surface area (Å²) in [6.07, 6.45) is 3.96. The van der Waals surface area contributed by atoms with Crippen molar-refractivity contribution in [3.63, 3.8) is 0 Å². The molecule has 3 aromatic carbocycles. The molecule has 2 heterocycles. The van der Waals surface area contributed by atoms with Gasteiger partial charge in [-0.15, -0.1) is 0 Å². The van der Waals surface area contributed by atoms with Crippen LogP contribution in [0.5, 0.6) is 0 Å². The van der Waals surface area contributed by atoms with Crippen molar-refractivity contribution in [1.82, 2.24) is 4.98 Å². The minimum atomic E-state index is -0.277. The van der Waals surface area contributed by atoms with Gasteiger partial charge < -0.3 is 15.1 Å². The molecule has 1 N–H and O–H groups in total. The van der Waals surface area contributed by atoms with Crippen LogP contribution in [0.25, 0.3) is 0 Å². The third-order valence-corrected chi connectivity index (χ3v) is 6.84. The molecule has 6 heteroatoms. The molecule has 0 radical (unpaired) electrons. The van der Waals surface area contributed by atoms with E-state index in [1.807, 2.05) is 72.5 Å². The fourth-order valence-corrected chi connectivity index (χ4v) is 4.98. The number of hydrogen-bond acceptors (Lipinski definition) is 4. The van der Waals surface area contributed by atoms with E-state index < -0.39 is 0 Å². The molecule has 1 aliphatic rings. The van der Waals surface area contributed by atoms with E-state index in [1.54, 1.807) is 12.4 Å². The van der Waals surface area contributed by atoms with Crippen LogP contribution in [0.1, 0.15) is 35.2 Å². The van der Waals surface area contributed by atoms with E-state index in [4.69, 9.17) is 11.6 Å². The number of allylic oxidation sites excluding steroid dienone is 1. The number of anilines is 3. The van der Waals surface area contributed by atoms with E-state index >= 15 is 0 Å². The van der Waals surface area contributed by atoms with Crippen molar-refractivity contribution in [3.05, 3.63) is 131 Å². The van der Waals surface area contributed by atoms with E-state index in [-0.39, 0.29) is 11.9 Å². The normalized spacial score (nSPS) is 14.7. The number of aromatic nitrogens is 1. The van der Waals surface area contributed by atoms with Gasteiger partial charge in [0, 0.05) is 53.8 Å². The average Bonchev–Trinajstić information content (AvgIpc) is 2.89. The number of amides is 1. The Bertz CT molecular complexity index is 1420. The lowest BCUT2D eigenvalue weighted by Gasteiger charge is -2.38. The quantitative estimate of drug-likeness (QED) is 0.292.